The van der Waals surface area contributed by atoms with Gasteiger partial charge in [0.05, 0.1) is 19.3 Å². The number of nitrogens with zero attached hydrogens (tertiary/aromatic N) is 2. The van der Waals surface area contributed by atoms with Crippen LogP contribution in [0, 0.1) is 12.7 Å². The van der Waals surface area contributed by atoms with Gasteiger partial charge in [0.2, 0.25) is 6.23 Å². The van der Waals surface area contributed by atoms with E-state index in [2.05, 4.69) is 4.98 Å². The molecular formula is C19H19ClF3N2O7P. The standard InChI is InChI=1S/C19H19ClF3N2O7P/c1-10-4-6-25(18(27)24-10)17-19(22,23)16(26)15(31-17)9-30-33(28)29-7-5-14(32-33)12-8-11(20)2-3-13(12)21/h2-4,6,8,14-17,26H,5,7,9H2,1H3/t14-,15-,16-,17-,33?/m1/s1. The molecule has 1 N–H and O–H groups in total. The summed E-state index contributed by atoms with van der Waals surface area (Å²) in [5.41, 5.74) is -0.649. The Morgan fingerprint density at radius 2 is 2.15 bits per heavy atom. The van der Waals surface area contributed by atoms with E-state index >= 15 is 0 Å². The van der Waals surface area contributed by atoms with Crippen LogP contribution in [0.15, 0.2) is 35.3 Å². The molecule has 2 fully saturated rings. The fourth-order valence-electron chi connectivity index (χ4n) is 3.50. The molecule has 0 spiro atoms. The van der Waals surface area contributed by atoms with Gasteiger partial charge < -0.3 is 9.84 Å². The van der Waals surface area contributed by atoms with Gasteiger partial charge in [-0.25, -0.2) is 13.8 Å². The summed E-state index contributed by atoms with van der Waals surface area (Å²) < 4.78 is 77.5. The summed E-state index contributed by atoms with van der Waals surface area (Å²) in [7, 11) is -4.33. The maximum atomic E-state index is 14.6. The zero-order valence-electron chi connectivity index (χ0n) is 17.1. The van der Waals surface area contributed by atoms with E-state index < -0.39 is 56.4 Å². The second-order valence-electron chi connectivity index (χ2n) is 7.53. The second kappa shape index (κ2) is 9.10. The molecule has 0 bridgehead atoms. The number of phosphoric acid groups is 1. The van der Waals surface area contributed by atoms with Crippen LogP contribution in [-0.4, -0.2) is 46.0 Å². The van der Waals surface area contributed by atoms with Gasteiger partial charge in [-0.15, -0.1) is 0 Å². The smallest absolute Gasteiger partial charge is 0.384 e. The van der Waals surface area contributed by atoms with Gasteiger partial charge in [0.15, 0.2) is 6.10 Å². The van der Waals surface area contributed by atoms with E-state index in [9.17, 15) is 27.6 Å². The van der Waals surface area contributed by atoms with E-state index in [0.29, 0.717) is 10.3 Å². The summed E-state index contributed by atoms with van der Waals surface area (Å²) in [5.74, 6) is -4.53. The van der Waals surface area contributed by atoms with Crippen LogP contribution in [0.2, 0.25) is 5.02 Å². The molecule has 0 amide bonds. The van der Waals surface area contributed by atoms with Crippen LogP contribution in [0.25, 0.3) is 0 Å². The van der Waals surface area contributed by atoms with Crippen LogP contribution >= 0.6 is 19.4 Å². The largest absolute Gasteiger partial charge is 0.475 e. The zero-order chi connectivity index (χ0) is 24.0. The summed E-state index contributed by atoms with van der Waals surface area (Å²) in [6.07, 6.45) is -6.06. The highest BCUT2D eigenvalue weighted by atomic mass is 35.5. The Labute approximate surface area is 190 Å². The predicted molar refractivity (Wildman–Crippen MR) is 107 cm³/mol. The topological polar surface area (TPSA) is 109 Å². The average Bonchev–Trinajstić information content (AvgIpc) is 2.97. The Hall–Kier alpha value is -1.79. The number of aryl methyl sites for hydroxylation is 1. The van der Waals surface area contributed by atoms with Gasteiger partial charge in [-0.05, 0) is 31.2 Å². The van der Waals surface area contributed by atoms with Gasteiger partial charge in [0.25, 0.3) is 0 Å². The SMILES string of the molecule is Cc1ccn([C@@H]2O[C@H](COP3(=O)OCC[C@H](c4cc(Cl)ccc4F)O3)[C@@H](O)C2(F)F)c(=O)n1. The maximum Gasteiger partial charge on any atom is 0.475 e. The van der Waals surface area contributed by atoms with Crippen LogP contribution in [0.1, 0.15) is 30.0 Å². The predicted octanol–water partition coefficient (Wildman–Crippen LogP) is 3.54. The normalized spacial score (nSPS) is 31.6. The summed E-state index contributed by atoms with van der Waals surface area (Å²) in [4.78, 5) is 15.6. The molecule has 2 aliphatic rings. The lowest BCUT2D eigenvalue weighted by atomic mass is 10.1. The minimum atomic E-state index is -4.33. The molecule has 33 heavy (non-hydrogen) atoms. The molecule has 1 aromatic carbocycles. The van der Waals surface area contributed by atoms with E-state index in [0.717, 1.165) is 12.3 Å². The number of alkyl halides is 2. The van der Waals surface area contributed by atoms with Crippen molar-refractivity contribution in [3.05, 3.63) is 63.0 Å². The van der Waals surface area contributed by atoms with Crippen molar-refractivity contribution in [2.45, 2.75) is 43.8 Å². The quantitative estimate of drug-likeness (QED) is 0.608. The van der Waals surface area contributed by atoms with Gasteiger partial charge in [-0.2, -0.15) is 13.8 Å². The van der Waals surface area contributed by atoms with Gasteiger partial charge in [0.1, 0.15) is 11.9 Å². The first-order valence-corrected chi connectivity index (χ1v) is 11.6. The van der Waals surface area contributed by atoms with Crippen LogP contribution in [-0.2, 0) is 22.9 Å². The lowest BCUT2D eigenvalue weighted by molar-refractivity contribution is -0.141. The van der Waals surface area contributed by atoms with Crippen LogP contribution in [0.4, 0.5) is 13.2 Å². The number of ether oxygens (including phenoxy) is 1. The van der Waals surface area contributed by atoms with Crippen molar-refractivity contribution in [2.24, 2.45) is 0 Å². The van der Waals surface area contributed by atoms with E-state index in [-0.39, 0.29) is 23.6 Å². The molecule has 14 heteroatoms. The van der Waals surface area contributed by atoms with Gasteiger partial charge in [0, 0.05) is 28.9 Å². The third-order valence-electron chi connectivity index (χ3n) is 5.19. The van der Waals surface area contributed by atoms with Crippen molar-refractivity contribution in [3.8, 4) is 0 Å². The van der Waals surface area contributed by atoms with Crippen molar-refractivity contribution in [2.75, 3.05) is 13.2 Å². The molecule has 9 nitrogen and oxygen atoms in total. The van der Waals surface area contributed by atoms with Crippen molar-refractivity contribution >= 4 is 19.4 Å². The molecule has 1 aromatic heterocycles. The number of phosphoric ester groups is 1. The summed E-state index contributed by atoms with van der Waals surface area (Å²) in [6, 6.07) is 5.09. The van der Waals surface area contributed by atoms with Gasteiger partial charge in [-0.3, -0.25) is 18.1 Å². The number of halogens is 4. The third-order valence-corrected chi connectivity index (χ3v) is 6.90. The van der Waals surface area contributed by atoms with Crippen molar-refractivity contribution < 1.29 is 41.2 Å². The average molecular weight is 511 g/mol. The summed E-state index contributed by atoms with van der Waals surface area (Å²) in [6.45, 7) is 0.559. The van der Waals surface area contributed by atoms with Crippen molar-refractivity contribution in [1.82, 2.24) is 9.55 Å². The maximum absolute atomic E-state index is 14.6. The highest BCUT2D eigenvalue weighted by molar-refractivity contribution is 7.48. The first kappa shape index (κ1) is 24.3. The Morgan fingerprint density at radius 1 is 1.39 bits per heavy atom. The molecule has 2 aliphatic heterocycles. The number of aliphatic hydroxyl groups excluding tert-OH is 1. The number of benzene rings is 1. The van der Waals surface area contributed by atoms with Gasteiger partial charge in [-0.1, -0.05) is 11.6 Å². The molecule has 0 saturated carbocycles. The molecule has 4 rings (SSSR count). The molecule has 180 valence electrons. The highest BCUT2D eigenvalue weighted by Gasteiger charge is 2.60. The molecule has 5 atom stereocenters. The molecule has 1 unspecified atom stereocenters. The van der Waals surface area contributed by atoms with Crippen LogP contribution in [0.3, 0.4) is 0 Å². The Bertz CT molecular complexity index is 1150. The first-order valence-electron chi connectivity index (χ1n) is 9.80. The number of aromatic nitrogens is 2. The fraction of sp³-hybridized carbons (Fsp3) is 0.474. The lowest BCUT2D eigenvalue weighted by Gasteiger charge is -2.30. The Morgan fingerprint density at radius 3 is 2.88 bits per heavy atom. The van der Waals surface area contributed by atoms with E-state index in [1.54, 1.807) is 0 Å². The molecular weight excluding hydrogens is 492 g/mol. The lowest BCUT2D eigenvalue weighted by Crippen LogP contribution is -2.42. The summed E-state index contributed by atoms with van der Waals surface area (Å²) >= 11 is 5.88. The zero-order valence-corrected chi connectivity index (χ0v) is 18.7. The molecule has 3 heterocycles. The van der Waals surface area contributed by atoms with Crippen LogP contribution in [0.5, 0.6) is 0 Å². The number of hydrogen-bond donors (Lipinski definition) is 1. The number of hydrogen-bond acceptors (Lipinski definition) is 8. The Kier molecular flexibility index (Phi) is 6.71. The third kappa shape index (κ3) is 4.88. The minimum absolute atomic E-state index is 0.0321. The van der Waals surface area contributed by atoms with Crippen LogP contribution < -0.4 is 5.69 Å². The van der Waals surface area contributed by atoms with E-state index in [1.165, 1.54) is 25.1 Å². The second-order valence-corrected chi connectivity index (χ2v) is 9.59. The van der Waals surface area contributed by atoms with E-state index in [1.807, 2.05) is 0 Å². The number of rotatable bonds is 5. The fourth-order valence-corrected chi connectivity index (χ4v) is 5.06. The highest BCUT2D eigenvalue weighted by Crippen LogP contribution is 2.57. The monoisotopic (exact) mass is 510 g/mol. The minimum Gasteiger partial charge on any atom is -0.384 e. The van der Waals surface area contributed by atoms with Crippen molar-refractivity contribution in [1.29, 1.82) is 0 Å². The van der Waals surface area contributed by atoms with Crippen molar-refractivity contribution in [3.63, 3.8) is 0 Å². The Balaban J connectivity index is 1.47. The molecule has 0 radical (unpaired) electrons. The molecule has 2 aromatic rings. The number of aliphatic hydroxyl groups is 1. The van der Waals surface area contributed by atoms with Gasteiger partial charge >= 0.3 is 19.4 Å². The first-order chi connectivity index (χ1) is 15.5. The van der Waals surface area contributed by atoms with E-state index in [4.69, 9.17) is 29.9 Å². The molecule has 0 aliphatic carbocycles. The summed E-state index contributed by atoms with van der Waals surface area (Å²) in [5, 5.41) is 10.3. The molecule has 2 saturated heterocycles.